The van der Waals surface area contributed by atoms with Crippen LogP contribution in [0.25, 0.3) is 11.3 Å². The number of benzene rings is 1. The molecule has 144 valence electrons. The summed E-state index contributed by atoms with van der Waals surface area (Å²) in [5, 5.41) is 17.7. The Labute approximate surface area is 163 Å². The van der Waals surface area contributed by atoms with E-state index in [2.05, 4.69) is 39.4 Å². The molecule has 0 radical (unpaired) electrons. The zero-order chi connectivity index (χ0) is 19.9. The number of para-hydroxylation sites is 1. The van der Waals surface area contributed by atoms with Crippen LogP contribution in [0.4, 0.5) is 17.5 Å². The highest BCUT2D eigenvalue weighted by atomic mass is 16.6. The van der Waals surface area contributed by atoms with Crippen LogP contribution in [0.3, 0.4) is 0 Å². The zero-order valence-corrected chi connectivity index (χ0v) is 15.8. The first-order valence-electron chi connectivity index (χ1n) is 9.09. The first-order chi connectivity index (χ1) is 13.6. The molecule has 3 aromatic rings. The molecule has 0 aliphatic carbocycles. The van der Waals surface area contributed by atoms with Crippen LogP contribution < -0.4 is 10.6 Å². The Balaban J connectivity index is 1.89. The third-order valence-corrected chi connectivity index (χ3v) is 4.34. The molecule has 0 fully saturated rings. The molecule has 2 heterocycles. The average molecular weight is 378 g/mol. The van der Waals surface area contributed by atoms with Crippen molar-refractivity contribution >= 4 is 17.5 Å². The van der Waals surface area contributed by atoms with E-state index in [0.717, 1.165) is 17.7 Å². The average Bonchev–Trinajstić information content (AvgIpc) is 2.72. The predicted molar refractivity (Wildman–Crippen MR) is 109 cm³/mol. The molecule has 0 spiro atoms. The van der Waals surface area contributed by atoms with Gasteiger partial charge in [-0.2, -0.15) is 4.98 Å². The van der Waals surface area contributed by atoms with Gasteiger partial charge < -0.3 is 10.6 Å². The van der Waals surface area contributed by atoms with Crippen LogP contribution in [0.1, 0.15) is 25.8 Å². The van der Waals surface area contributed by atoms with Crippen LogP contribution >= 0.6 is 0 Å². The van der Waals surface area contributed by atoms with Gasteiger partial charge in [0.15, 0.2) is 0 Å². The van der Waals surface area contributed by atoms with Gasteiger partial charge in [-0.25, -0.2) is 4.98 Å². The van der Waals surface area contributed by atoms with Crippen LogP contribution in [0.2, 0.25) is 0 Å². The van der Waals surface area contributed by atoms with E-state index in [0.29, 0.717) is 17.3 Å². The largest absolute Gasteiger partial charge is 0.366 e. The highest BCUT2D eigenvalue weighted by molar-refractivity contribution is 5.64. The maximum Gasteiger partial charge on any atom is 0.274 e. The van der Waals surface area contributed by atoms with Crippen LogP contribution in [-0.4, -0.2) is 25.9 Å². The summed E-state index contributed by atoms with van der Waals surface area (Å²) in [6, 6.07) is 12.5. The second-order valence-electron chi connectivity index (χ2n) is 6.39. The van der Waals surface area contributed by atoms with Gasteiger partial charge >= 0.3 is 0 Å². The Hall–Kier alpha value is -3.55. The number of hydrogen-bond donors (Lipinski definition) is 2. The molecule has 2 N–H and O–H groups in total. The number of nitro benzene ring substituents is 1. The Morgan fingerprint density at radius 3 is 2.61 bits per heavy atom. The summed E-state index contributed by atoms with van der Waals surface area (Å²) in [7, 11) is 0. The minimum absolute atomic E-state index is 0.0800. The molecule has 0 aliphatic heterocycles. The molecular formula is C20H22N6O2. The van der Waals surface area contributed by atoms with Crippen LogP contribution in [-0.2, 0) is 6.54 Å². The van der Waals surface area contributed by atoms with Gasteiger partial charge in [-0.1, -0.05) is 25.1 Å². The van der Waals surface area contributed by atoms with Crippen molar-refractivity contribution in [1.82, 2.24) is 15.0 Å². The number of anilines is 2. The fourth-order valence-corrected chi connectivity index (χ4v) is 2.62. The molecule has 1 atom stereocenters. The lowest BCUT2D eigenvalue weighted by molar-refractivity contribution is -0.385. The van der Waals surface area contributed by atoms with E-state index in [-0.39, 0.29) is 23.2 Å². The molecule has 28 heavy (non-hydrogen) atoms. The fraction of sp³-hybridized carbons (Fsp3) is 0.250. The molecule has 0 saturated carbocycles. The number of pyridine rings is 1. The Morgan fingerprint density at radius 1 is 1.14 bits per heavy atom. The zero-order valence-electron chi connectivity index (χ0n) is 15.8. The summed E-state index contributed by atoms with van der Waals surface area (Å²) >= 11 is 0. The number of aromatic nitrogens is 3. The molecule has 2 aromatic heterocycles. The number of nitro groups is 1. The second kappa shape index (κ2) is 8.90. The third kappa shape index (κ3) is 4.79. The van der Waals surface area contributed by atoms with E-state index in [9.17, 15) is 10.1 Å². The number of nitrogens with one attached hydrogen (secondary N) is 2. The predicted octanol–water partition coefficient (Wildman–Crippen LogP) is 4.27. The van der Waals surface area contributed by atoms with Crippen LogP contribution in [0.15, 0.2) is 54.9 Å². The molecule has 0 aliphatic rings. The van der Waals surface area contributed by atoms with E-state index >= 15 is 0 Å². The maximum absolute atomic E-state index is 11.2. The van der Waals surface area contributed by atoms with Gasteiger partial charge in [-0.05, 0) is 25.5 Å². The van der Waals surface area contributed by atoms with Crippen molar-refractivity contribution in [1.29, 1.82) is 0 Å². The van der Waals surface area contributed by atoms with E-state index in [4.69, 9.17) is 0 Å². The van der Waals surface area contributed by atoms with Gasteiger partial charge in [0, 0.05) is 48.2 Å². The molecule has 0 amide bonds. The lowest BCUT2D eigenvalue weighted by Gasteiger charge is -2.14. The van der Waals surface area contributed by atoms with Crippen molar-refractivity contribution in [3.63, 3.8) is 0 Å². The maximum atomic E-state index is 11.2. The molecule has 1 aromatic carbocycles. The van der Waals surface area contributed by atoms with E-state index < -0.39 is 0 Å². The summed E-state index contributed by atoms with van der Waals surface area (Å²) in [6.07, 6.45) is 4.35. The molecule has 3 rings (SSSR count). The standard InChI is InChI=1S/C20H22N6O2/c1-3-14(2)23-20-24-17(15-8-10-21-11-9-15)12-19(25-20)22-13-16-6-4-5-7-18(16)26(27)28/h4-12,14H,3,13H2,1-2H3,(H2,22,23,24,25)/t14-/m0/s1. The smallest absolute Gasteiger partial charge is 0.274 e. The Kier molecular flexibility index (Phi) is 6.11. The van der Waals surface area contributed by atoms with Gasteiger partial charge in [-0.3, -0.25) is 15.1 Å². The van der Waals surface area contributed by atoms with Crippen LogP contribution in [0, 0.1) is 10.1 Å². The Morgan fingerprint density at radius 2 is 1.89 bits per heavy atom. The number of nitrogens with zero attached hydrogens (tertiary/aromatic N) is 4. The first kappa shape index (κ1) is 19.2. The quantitative estimate of drug-likeness (QED) is 0.445. The van der Waals surface area contributed by atoms with Crippen molar-refractivity contribution < 1.29 is 4.92 Å². The fourth-order valence-electron chi connectivity index (χ4n) is 2.62. The van der Waals surface area contributed by atoms with Gasteiger partial charge in [0.05, 0.1) is 10.6 Å². The summed E-state index contributed by atoms with van der Waals surface area (Å²) in [6.45, 7) is 4.42. The third-order valence-electron chi connectivity index (χ3n) is 4.34. The van der Waals surface area contributed by atoms with Gasteiger partial charge in [0.25, 0.3) is 5.69 Å². The summed E-state index contributed by atoms with van der Waals surface area (Å²) in [5.74, 6) is 1.10. The topological polar surface area (TPSA) is 106 Å². The number of rotatable bonds is 8. The monoisotopic (exact) mass is 378 g/mol. The lowest BCUT2D eigenvalue weighted by Crippen LogP contribution is -2.16. The Bertz CT molecular complexity index is 948. The normalized spacial score (nSPS) is 11.6. The molecule has 0 unspecified atom stereocenters. The van der Waals surface area contributed by atoms with Gasteiger partial charge in [0.2, 0.25) is 5.95 Å². The number of hydrogen-bond acceptors (Lipinski definition) is 7. The SMILES string of the molecule is CC[C@H](C)Nc1nc(NCc2ccccc2[N+](=O)[O-])cc(-c2ccncc2)n1. The molecule has 0 saturated heterocycles. The van der Waals surface area contributed by atoms with Crippen molar-refractivity contribution in [2.75, 3.05) is 10.6 Å². The summed E-state index contributed by atoms with van der Waals surface area (Å²) in [5.41, 5.74) is 2.33. The molecule has 0 bridgehead atoms. The first-order valence-corrected chi connectivity index (χ1v) is 9.09. The van der Waals surface area contributed by atoms with Gasteiger partial charge in [0.1, 0.15) is 5.82 Å². The van der Waals surface area contributed by atoms with E-state index in [1.165, 1.54) is 6.07 Å². The van der Waals surface area contributed by atoms with Crippen LogP contribution in [0.5, 0.6) is 0 Å². The lowest BCUT2D eigenvalue weighted by atomic mass is 10.1. The van der Waals surface area contributed by atoms with Crippen molar-refractivity contribution in [2.24, 2.45) is 0 Å². The van der Waals surface area contributed by atoms with Gasteiger partial charge in [-0.15, -0.1) is 0 Å². The minimum atomic E-state index is -0.380. The highest BCUT2D eigenvalue weighted by Gasteiger charge is 2.13. The highest BCUT2D eigenvalue weighted by Crippen LogP contribution is 2.23. The minimum Gasteiger partial charge on any atom is -0.366 e. The van der Waals surface area contributed by atoms with Crippen molar-refractivity contribution in [3.05, 3.63) is 70.5 Å². The van der Waals surface area contributed by atoms with E-state index in [1.807, 2.05) is 18.2 Å². The second-order valence-corrected chi connectivity index (χ2v) is 6.39. The molecular weight excluding hydrogens is 356 g/mol. The summed E-state index contributed by atoms with van der Waals surface area (Å²) in [4.78, 5) is 24.0. The van der Waals surface area contributed by atoms with E-state index in [1.54, 1.807) is 30.6 Å². The molecule has 8 heteroatoms. The summed E-state index contributed by atoms with van der Waals surface area (Å²) < 4.78 is 0. The van der Waals surface area contributed by atoms with Crippen molar-refractivity contribution in [2.45, 2.75) is 32.9 Å². The molecule has 8 nitrogen and oxygen atoms in total. The van der Waals surface area contributed by atoms with Crippen molar-refractivity contribution in [3.8, 4) is 11.3 Å².